The standard InChI is InChI=1S/C16H15NO3/c1-9-15-13(5-3-10(8-18)16(15)19)12-6-4-11(20-2)7-14(12)17-9/h4,6-8,18H,3,5H2,1-2H3/b10-8-. The van der Waals surface area contributed by atoms with Gasteiger partial charge in [0.25, 0.3) is 0 Å². The lowest BCUT2D eigenvalue weighted by atomic mass is 9.84. The molecule has 1 aliphatic carbocycles. The van der Waals surface area contributed by atoms with Crippen molar-refractivity contribution >= 4 is 16.7 Å². The van der Waals surface area contributed by atoms with Crippen molar-refractivity contribution in [3.8, 4) is 5.75 Å². The minimum atomic E-state index is -0.114. The van der Waals surface area contributed by atoms with E-state index in [1.54, 1.807) is 7.11 Å². The highest BCUT2D eigenvalue weighted by Gasteiger charge is 2.26. The van der Waals surface area contributed by atoms with Crippen molar-refractivity contribution in [3.63, 3.8) is 0 Å². The second-order valence-electron chi connectivity index (χ2n) is 4.92. The molecule has 102 valence electrons. The molecule has 0 bridgehead atoms. The number of pyridine rings is 1. The summed E-state index contributed by atoms with van der Waals surface area (Å²) in [7, 11) is 1.62. The number of nitrogens with zero attached hydrogens (tertiary/aromatic N) is 1. The number of carbonyl (C=O) groups is 1. The first-order valence-electron chi connectivity index (χ1n) is 6.51. The Labute approximate surface area is 116 Å². The first kappa shape index (κ1) is 12.7. The number of hydrogen-bond acceptors (Lipinski definition) is 4. The Bertz CT molecular complexity index is 747. The lowest BCUT2D eigenvalue weighted by molar-refractivity contribution is 0.102. The average molecular weight is 269 g/mol. The molecule has 0 spiro atoms. The van der Waals surface area contributed by atoms with Gasteiger partial charge in [-0.1, -0.05) is 0 Å². The minimum Gasteiger partial charge on any atom is -0.515 e. The molecule has 1 heterocycles. The van der Waals surface area contributed by atoms with E-state index in [0.717, 1.165) is 34.9 Å². The van der Waals surface area contributed by atoms with Crippen LogP contribution in [0.1, 0.15) is 28.0 Å². The van der Waals surface area contributed by atoms with Crippen molar-refractivity contribution < 1.29 is 14.6 Å². The van der Waals surface area contributed by atoms with Gasteiger partial charge >= 0.3 is 0 Å². The van der Waals surface area contributed by atoms with Crippen molar-refractivity contribution in [2.24, 2.45) is 0 Å². The Morgan fingerprint density at radius 3 is 2.85 bits per heavy atom. The van der Waals surface area contributed by atoms with Crippen LogP contribution in [-0.4, -0.2) is 23.0 Å². The van der Waals surface area contributed by atoms with Crippen LogP contribution in [0.2, 0.25) is 0 Å². The zero-order valence-corrected chi connectivity index (χ0v) is 11.4. The molecule has 20 heavy (non-hydrogen) atoms. The van der Waals surface area contributed by atoms with Crippen molar-refractivity contribution in [3.05, 3.63) is 46.9 Å². The summed E-state index contributed by atoms with van der Waals surface area (Å²) in [6.45, 7) is 1.83. The molecule has 0 saturated carbocycles. The van der Waals surface area contributed by atoms with E-state index in [2.05, 4.69) is 4.98 Å². The molecule has 0 fully saturated rings. The number of aryl methyl sites for hydroxylation is 2. The topological polar surface area (TPSA) is 59.4 Å². The quantitative estimate of drug-likeness (QED) is 0.638. The molecule has 0 amide bonds. The molecule has 0 radical (unpaired) electrons. The molecule has 1 aromatic carbocycles. The molecular formula is C16H15NO3. The number of rotatable bonds is 1. The summed E-state index contributed by atoms with van der Waals surface area (Å²) in [4.78, 5) is 16.8. The fourth-order valence-electron chi connectivity index (χ4n) is 2.79. The largest absolute Gasteiger partial charge is 0.515 e. The lowest BCUT2D eigenvalue weighted by Crippen LogP contribution is -2.17. The van der Waals surface area contributed by atoms with Crippen molar-refractivity contribution in [2.45, 2.75) is 19.8 Å². The van der Waals surface area contributed by atoms with E-state index in [4.69, 9.17) is 9.84 Å². The molecule has 1 aliphatic rings. The first-order chi connectivity index (χ1) is 9.65. The lowest BCUT2D eigenvalue weighted by Gasteiger charge is -2.20. The number of hydrogen-bond donors (Lipinski definition) is 1. The number of ether oxygens (including phenoxy) is 1. The van der Waals surface area contributed by atoms with Gasteiger partial charge in [0, 0.05) is 28.3 Å². The Kier molecular flexibility index (Phi) is 2.93. The van der Waals surface area contributed by atoms with Crippen LogP contribution in [0.15, 0.2) is 30.0 Å². The highest BCUT2D eigenvalue weighted by atomic mass is 16.5. The zero-order chi connectivity index (χ0) is 14.3. The molecule has 1 N–H and O–H groups in total. The molecule has 3 rings (SSSR count). The maximum absolute atomic E-state index is 12.3. The maximum Gasteiger partial charge on any atom is 0.194 e. The van der Waals surface area contributed by atoms with Gasteiger partial charge in [0.15, 0.2) is 5.78 Å². The number of methoxy groups -OCH3 is 1. The van der Waals surface area contributed by atoms with Crippen LogP contribution in [0.5, 0.6) is 5.75 Å². The number of allylic oxidation sites excluding steroid dienone is 1. The SMILES string of the molecule is COc1ccc2c3c(c(C)nc2c1)C(=O)/C(=C\O)CC3. The average Bonchev–Trinajstić information content (AvgIpc) is 2.46. The van der Waals surface area contributed by atoms with Gasteiger partial charge in [-0.25, -0.2) is 0 Å². The number of fused-ring (bicyclic) bond motifs is 3. The number of ketones is 1. The van der Waals surface area contributed by atoms with Crippen LogP contribution < -0.4 is 4.74 Å². The van der Waals surface area contributed by atoms with Gasteiger partial charge < -0.3 is 9.84 Å². The number of benzene rings is 1. The summed E-state index contributed by atoms with van der Waals surface area (Å²) in [5.41, 5.74) is 3.64. The third-order valence-corrected chi connectivity index (χ3v) is 3.80. The molecule has 0 unspecified atom stereocenters. The fourth-order valence-corrected chi connectivity index (χ4v) is 2.79. The molecule has 0 saturated heterocycles. The van der Waals surface area contributed by atoms with Crippen LogP contribution >= 0.6 is 0 Å². The van der Waals surface area contributed by atoms with Crippen molar-refractivity contribution in [1.82, 2.24) is 4.98 Å². The van der Waals surface area contributed by atoms with E-state index in [-0.39, 0.29) is 5.78 Å². The van der Waals surface area contributed by atoms with Crippen LogP contribution in [0, 0.1) is 6.92 Å². The molecule has 4 nitrogen and oxygen atoms in total. The van der Waals surface area contributed by atoms with Gasteiger partial charge in [-0.15, -0.1) is 0 Å². The third-order valence-electron chi connectivity index (χ3n) is 3.80. The molecule has 0 aliphatic heterocycles. The highest BCUT2D eigenvalue weighted by molar-refractivity contribution is 6.13. The highest BCUT2D eigenvalue weighted by Crippen LogP contribution is 2.33. The predicted molar refractivity (Wildman–Crippen MR) is 76.4 cm³/mol. The Hall–Kier alpha value is -2.36. The maximum atomic E-state index is 12.3. The van der Waals surface area contributed by atoms with Crippen LogP contribution in [0.3, 0.4) is 0 Å². The Balaban J connectivity index is 2.31. The van der Waals surface area contributed by atoms with E-state index in [9.17, 15) is 4.79 Å². The monoisotopic (exact) mass is 269 g/mol. The van der Waals surface area contributed by atoms with E-state index in [1.807, 2.05) is 25.1 Å². The van der Waals surface area contributed by atoms with Gasteiger partial charge in [0.05, 0.1) is 18.9 Å². The zero-order valence-electron chi connectivity index (χ0n) is 11.4. The summed E-state index contributed by atoms with van der Waals surface area (Å²) in [6.07, 6.45) is 2.22. The van der Waals surface area contributed by atoms with Gasteiger partial charge in [0.2, 0.25) is 0 Å². The third kappa shape index (κ3) is 1.76. The molecule has 2 aromatic rings. The number of Topliss-reactive ketones (excluding diaryl/α,β-unsaturated/α-hetero) is 1. The smallest absolute Gasteiger partial charge is 0.194 e. The second kappa shape index (κ2) is 4.63. The van der Waals surface area contributed by atoms with Crippen LogP contribution in [0.25, 0.3) is 10.9 Å². The molecule has 4 heteroatoms. The summed E-state index contributed by atoms with van der Waals surface area (Å²) in [5.74, 6) is 0.638. The van der Waals surface area contributed by atoms with E-state index in [1.165, 1.54) is 0 Å². The van der Waals surface area contributed by atoms with Crippen LogP contribution in [-0.2, 0) is 6.42 Å². The van der Waals surface area contributed by atoms with Gasteiger partial charge in [-0.05, 0) is 37.5 Å². The summed E-state index contributed by atoms with van der Waals surface area (Å²) in [6, 6.07) is 5.70. The van der Waals surface area contributed by atoms with Gasteiger partial charge in [-0.3, -0.25) is 9.78 Å². The van der Waals surface area contributed by atoms with Crippen molar-refractivity contribution in [1.29, 1.82) is 0 Å². The Morgan fingerprint density at radius 2 is 2.15 bits per heavy atom. The van der Waals surface area contributed by atoms with Crippen LogP contribution in [0.4, 0.5) is 0 Å². The predicted octanol–water partition coefficient (Wildman–Crippen LogP) is 3.12. The molecular weight excluding hydrogens is 254 g/mol. The number of aliphatic hydroxyl groups excluding tert-OH is 1. The normalized spacial score (nSPS) is 16.5. The second-order valence-corrected chi connectivity index (χ2v) is 4.92. The van der Waals surface area contributed by atoms with E-state index in [0.29, 0.717) is 23.3 Å². The van der Waals surface area contributed by atoms with Gasteiger partial charge in [0.1, 0.15) is 5.75 Å². The number of aliphatic hydroxyl groups is 1. The molecule has 0 atom stereocenters. The molecule has 1 aromatic heterocycles. The number of carbonyl (C=O) groups excluding carboxylic acids is 1. The van der Waals surface area contributed by atoms with E-state index < -0.39 is 0 Å². The minimum absolute atomic E-state index is 0.114. The summed E-state index contributed by atoms with van der Waals surface area (Å²) < 4.78 is 5.21. The van der Waals surface area contributed by atoms with E-state index >= 15 is 0 Å². The summed E-state index contributed by atoms with van der Waals surface area (Å²) >= 11 is 0. The summed E-state index contributed by atoms with van der Waals surface area (Å²) in [5, 5.41) is 10.1. The fraction of sp³-hybridized carbons (Fsp3) is 0.250. The Morgan fingerprint density at radius 1 is 1.35 bits per heavy atom. The number of aromatic nitrogens is 1. The van der Waals surface area contributed by atoms with Crippen molar-refractivity contribution in [2.75, 3.05) is 7.11 Å². The van der Waals surface area contributed by atoms with Gasteiger partial charge in [-0.2, -0.15) is 0 Å². The first-order valence-corrected chi connectivity index (χ1v) is 6.51.